The number of aryl methyl sites for hydroxylation is 1. The molecule has 1 N–H and O–H groups in total. The Bertz CT molecular complexity index is 1040. The van der Waals surface area contributed by atoms with Crippen molar-refractivity contribution in [3.63, 3.8) is 0 Å². The summed E-state index contributed by atoms with van der Waals surface area (Å²) in [4.78, 5) is 27.6. The summed E-state index contributed by atoms with van der Waals surface area (Å²) in [6.07, 6.45) is -0.844. The first kappa shape index (κ1) is 27.4. The highest BCUT2D eigenvalue weighted by atomic mass is 19.4. The number of halogens is 3. The zero-order valence-corrected chi connectivity index (χ0v) is 20.8. The molecule has 2 aromatic rings. The van der Waals surface area contributed by atoms with E-state index in [0.29, 0.717) is 30.7 Å². The van der Waals surface area contributed by atoms with E-state index in [1.54, 1.807) is 35.9 Å². The smallest absolute Gasteiger partial charge is 0.416 e. The Balaban J connectivity index is 1.50. The number of aliphatic carboxylic acids is 1. The third-order valence-electron chi connectivity index (χ3n) is 6.65. The third-order valence-corrected chi connectivity index (χ3v) is 6.65. The molecule has 2 atom stereocenters. The number of ether oxygens (including phenoxy) is 1. The van der Waals surface area contributed by atoms with E-state index < -0.39 is 23.3 Å². The first-order chi connectivity index (χ1) is 16.9. The molecule has 3 rings (SSSR count). The molecule has 0 bridgehead atoms. The van der Waals surface area contributed by atoms with Gasteiger partial charge in [0.1, 0.15) is 5.75 Å². The third kappa shape index (κ3) is 6.71. The van der Waals surface area contributed by atoms with E-state index in [2.05, 4.69) is 0 Å². The van der Waals surface area contributed by atoms with Crippen molar-refractivity contribution >= 4 is 12.0 Å². The molecule has 9 heteroatoms. The lowest BCUT2D eigenvalue weighted by molar-refractivity contribution is -0.154. The second-order valence-corrected chi connectivity index (χ2v) is 9.55. The highest BCUT2D eigenvalue weighted by Gasteiger charge is 2.35. The molecule has 1 aliphatic heterocycles. The molecular weight excluding hydrogens is 473 g/mol. The number of amides is 2. The van der Waals surface area contributed by atoms with Crippen LogP contribution < -0.4 is 4.74 Å². The molecule has 6 nitrogen and oxygen atoms in total. The number of carboxylic acids is 1. The van der Waals surface area contributed by atoms with Crippen LogP contribution in [0.25, 0.3) is 0 Å². The molecule has 36 heavy (non-hydrogen) atoms. The zero-order chi connectivity index (χ0) is 26.5. The van der Waals surface area contributed by atoms with Crippen molar-refractivity contribution in [2.24, 2.45) is 0 Å². The molecule has 0 aromatic heterocycles. The van der Waals surface area contributed by atoms with Crippen molar-refractivity contribution in [1.29, 1.82) is 0 Å². The number of urea groups is 1. The molecular formula is C27H33F3N2O4. The summed E-state index contributed by atoms with van der Waals surface area (Å²) >= 11 is 0. The van der Waals surface area contributed by atoms with E-state index in [4.69, 9.17) is 4.74 Å². The Morgan fingerprint density at radius 3 is 2.25 bits per heavy atom. The van der Waals surface area contributed by atoms with Crippen LogP contribution in [0.3, 0.4) is 0 Å². The van der Waals surface area contributed by atoms with Crippen molar-refractivity contribution in [3.05, 3.63) is 65.2 Å². The standard InChI is InChI=1S/C27H33F3N2O4/c1-4-16-26(2,24(33)34)36-23-14-10-19(11-15-23)6-5-7-22-18-32(25(35)31(22)3)17-20-8-12-21(13-9-20)27(28,29)30/h8-15,22H,4-7,16-18H2,1-3H3,(H,33,34). The quantitative estimate of drug-likeness (QED) is 0.407. The van der Waals surface area contributed by atoms with Gasteiger partial charge in [0.2, 0.25) is 5.60 Å². The number of likely N-dealkylation sites (N-methyl/N-ethyl adjacent to an activating group) is 1. The van der Waals surface area contributed by atoms with Crippen LogP contribution in [0.5, 0.6) is 5.75 Å². The van der Waals surface area contributed by atoms with Crippen molar-refractivity contribution < 1.29 is 32.6 Å². The Kier molecular flexibility index (Phi) is 8.53. The van der Waals surface area contributed by atoms with Crippen molar-refractivity contribution in [2.75, 3.05) is 13.6 Å². The molecule has 1 heterocycles. The molecule has 0 aliphatic carbocycles. The van der Waals surface area contributed by atoms with Gasteiger partial charge >= 0.3 is 18.2 Å². The molecule has 2 unspecified atom stereocenters. The Morgan fingerprint density at radius 2 is 1.69 bits per heavy atom. The number of hydrogen-bond donors (Lipinski definition) is 1. The van der Waals surface area contributed by atoms with Crippen molar-refractivity contribution in [3.8, 4) is 5.75 Å². The Labute approximate surface area is 209 Å². The molecule has 0 radical (unpaired) electrons. The van der Waals surface area contributed by atoms with E-state index in [9.17, 15) is 27.9 Å². The van der Waals surface area contributed by atoms with Gasteiger partial charge in [-0.1, -0.05) is 37.6 Å². The van der Waals surface area contributed by atoms with Crippen LogP contribution in [-0.4, -0.2) is 52.1 Å². The molecule has 2 amide bonds. The predicted molar refractivity (Wildman–Crippen MR) is 130 cm³/mol. The van der Waals surface area contributed by atoms with Crippen LogP contribution in [0.2, 0.25) is 0 Å². The molecule has 2 aromatic carbocycles. The van der Waals surface area contributed by atoms with E-state index in [0.717, 1.165) is 37.0 Å². The van der Waals surface area contributed by atoms with Crippen LogP contribution in [-0.2, 0) is 23.9 Å². The van der Waals surface area contributed by atoms with E-state index in [-0.39, 0.29) is 18.6 Å². The maximum absolute atomic E-state index is 12.8. The van der Waals surface area contributed by atoms with Crippen LogP contribution >= 0.6 is 0 Å². The van der Waals surface area contributed by atoms with Gasteiger partial charge in [0.05, 0.1) is 11.6 Å². The summed E-state index contributed by atoms with van der Waals surface area (Å²) in [5.74, 6) is -0.479. The fraction of sp³-hybridized carbons (Fsp3) is 0.481. The SMILES string of the molecule is CCCC(C)(Oc1ccc(CCCC2CN(Cc3ccc(C(F)(F)F)cc3)C(=O)N2C)cc1)C(=O)O. The van der Waals surface area contributed by atoms with Gasteiger partial charge in [0, 0.05) is 20.1 Å². The monoisotopic (exact) mass is 506 g/mol. The van der Waals surface area contributed by atoms with Gasteiger partial charge in [-0.15, -0.1) is 0 Å². The Morgan fingerprint density at radius 1 is 1.08 bits per heavy atom. The lowest BCUT2D eigenvalue weighted by Gasteiger charge is -2.26. The van der Waals surface area contributed by atoms with Crippen LogP contribution in [0.15, 0.2) is 48.5 Å². The maximum atomic E-state index is 12.8. The van der Waals surface area contributed by atoms with Gasteiger partial charge in [0.15, 0.2) is 0 Å². The summed E-state index contributed by atoms with van der Waals surface area (Å²) < 4.78 is 44.1. The average Bonchev–Trinajstić information content (AvgIpc) is 3.08. The summed E-state index contributed by atoms with van der Waals surface area (Å²) in [7, 11) is 1.75. The summed E-state index contributed by atoms with van der Waals surface area (Å²) in [5, 5.41) is 9.48. The van der Waals surface area contributed by atoms with Crippen molar-refractivity contribution in [1.82, 2.24) is 9.80 Å². The fourth-order valence-electron chi connectivity index (χ4n) is 4.48. The fourth-order valence-corrected chi connectivity index (χ4v) is 4.48. The average molecular weight is 507 g/mol. The summed E-state index contributed by atoms with van der Waals surface area (Å²) in [6.45, 7) is 4.28. The van der Waals surface area contributed by atoms with Gasteiger partial charge in [-0.2, -0.15) is 13.2 Å². The minimum atomic E-state index is -4.38. The minimum Gasteiger partial charge on any atom is -0.478 e. The molecule has 0 spiro atoms. The van der Waals surface area contributed by atoms with E-state index in [1.807, 2.05) is 19.1 Å². The highest BCUT2D eigenvalue weighted by Crippen LogP contribution is 2.30. The molecule has 196 valence electrons. The van der Waals surface area contributed by atoms with Crippen LogP contribution in [0.1, 0.15) is 56.2 Å². The zero-order valence-electron chi connectivity index (χ0n) is 20.8. The number of carbonyl (C=O) groups excluding carboxylic acids is 1. The lowest BCUT2D eigenvalue weighted by atomic mass is 10.0. The largest absolute Gasteiger partial charge is 0.478 e. The minimum absolute atomic E-state index is 0.0277. The van der Waals surface area contributed by atoms with Gasteiger partial charge in [-0.3, -0.25) is 0 Å². The van der Waals surface area contributed by atoms with E-state index in [1.165, 1.54) is 12.1 Å². The number of nitrogens with zero attached hydrogens (tertiary/aromatic N) is 2. The van der Waals surface area contributed by atoms with Crippen LogP contribution in [0, 0.1) is 0 Å². The first-order valence-electron chi connectivity index (χ1n) is 12.1. The summed E-state index contributed by atoms with van der Waals surface area (Å²) in [5.41, 5.74) is -0.221. The molecule has 1 fully saturated rings. The second kappa shape index (κ2) is 11.2. The molecule has 0 saturated carbocycles. The van der Waals surface area contributed by atoms with Gasteiger partial charge < -0.3 is 19.6 Å². The van der Waals surface area contributed by atoms with Gasteiger partial charge in [-0.25, -0.2) is 9.59 Å². The molecule has 1 saturated heterocycles. The lowest BCUT2D eigenvalue weighted by Crippen LogP contribution is -2.41. The first-order valence-corrected chi connectivity index (χ1v) is 12.1. The normalized spacial score (nSPS) is 17.8. The van der Waals surface area contributed by atoms with Crippen LogP contribution in [0.4, 0.5) is 18.0 Å². The van der Waals surface area contributed by atoms with Gasteiger partial charge in [-0.05, 0) is 68.0 Å². The Hall–Kier alpha value is -3.23. The highest BCUT2D eigenvalue weighted by molar-refractivity contribution is 5.77. The van der Waals surface area contributed by atoms with E-state index >= 15 is 0 Å². The topological polar surface area (TPSA) is 70.1 Å². The predicted octanol–water partition coefficient (Wildman–Crippen LogP) is 5.99. The maximum Gasteiger partial charge on any atom is 0.416 e. The number of rotatable bonds is 11. The number of alkyl halides is 3. The summed E-state index contributed by atoms with van der Waals surface area (Å²) in [6, 6.07) is 12.2. The number of carboxylic acid groups (broad SMARTS) is 1. The number of benzene rings is 2. The second-order valence-electron chi connectivity index (χ2n) is 9.55. The number of carbonyl (C=O) groups is 2. The number of hydrogen-bond acceptors (Lipinski definition) is 3. The van der Waals surface area contributed by atoms with Gasteiger partial charge in [0.25, 0.3) is 0 Å². The molecule has 1 aliphatic rings. The van der Waals surface area contributed by atoms with Crippen molar-refractivity contribution in [2.45, 2.75) is 70.3 Å².